The van der Waals surface area contributed by atoms with E-state index in [1.165, 1.54) is 0 Å². The molecule has 90 valence electrons. The number of hydrogen-bond acceptors (Lipinski definition) is 2. The van der Waals surface area contributed by atoms with Gasteiger partial charge in [0.15, 0.2) is 0 Å². The minimum absolute atomic E-state index is 0.286. The van der Waals surface area contributed by atoms with Crippen LogP contribution in [0.1, 0.15) is 11.1 Å². The standard InChI is InChI=1S/C8H5F6NO/c1-16-6-4(7(9,10)11)2-15-3-5(6)8(12,13)14/h2-3H,1H3. The topological polar surface area (TPSA) is 22.1 Å². The summed E-state index contributed by atoms with van der Waals surface area (Å²) in [5, 5.41) is 0. The summed E-state index contributed by atoms with van der Waals surface area (Å²) in [7, 11) is 0.736. The van der Waals surface area contributed by atoms with Gasteiger partial charge >= 0.3 is 12.4 Å². The monoisotopic (exact) mass is 245 g/mol. The quantitative estimate of drug-likeness (QED) is 0.709. The molecule has 8 heteroatoms. The molecule has 1 aromatic heterocycles. The Bertz CT molecular complexity index is 351. The number of nitrogens with zero attached hydrogens (tertiary/aromatic N) is 1. The van der Waals surface area contributed by atoms with E-state index in [1.807, 2.05) is 0 Å². The van der Waals surface area contributed by atoms with E-state index < -0.39 is 29.2 Å². The van der Waals surface area contributed by atoms with Gasteiger partial charge in [0, 0.05) is 12.4 Å². The summed E-state index contributed by atoms with van der Waals surface area (Å²) in [6.45, 7) is 0. The van der Waals surface area contributed by atoms with Crippen molar-refractivity contribution in [1.82, 2.24) is 4.98 Å². The molecular weight excluding hydrogens is 240 g/mol. The molecule has 0 fully saturated rings. The zero-order valence-corrected chi connectivity index (χ0v) is 7.78. The Morgan fingerprint density at radius 3 is 1.56 bits per heavy atom. The van der Waals surface area contributed by atoms with Crippen LogP contribution in [0.5, 0.6) is 5.75 Å². The van der Waals surface area contributed by atoms with Crippen LogP contribution in [0, 0.1) is 0 Å². The summed E-state index contributed by atoms with van der Waals surface area (Å²) < 4.78 is 78.0. The van der Waals surface area contributed by atoms with Gasteiger partial charge in [-0.15, -0.1) is 0 Å². The van der Waals surface area contributed by atoms with Gasteiger partial charge < -0.3 is 4.74 Å². The van der Waals surface area contributed by atoms with E-state index >= 15 is 0 Å². The smallest absolute Gasteiger partial charge is 0.421 e. The van der Waals surface area contributed by atoms with Crippen molar-refractivity contribution in [2.45, 2.75) is 12.4 Å². The number of alkyl halides is 6. The summed E-state index contributed by atoms with van der Waals surface area (Å²) in [5.41, 5.74) is -3.10. The number of rotatable bonds is 1. The molecule has 1 rings (SSSR count). The van der Waals surface area contributed by atoms with Crippen molar-refractivity contribution in [2.24, 2.45) is 0 Å². The van der Waals surface area contributed by atoms with Crippen LogP contribution in [0.15, 0.2) is 12.4 Å². The third-order valence-corrected chi connectivity index (χ3v) is 1.71. The van der Waals surface area contributed by atoms with Gasteiger partial charge in [-0.1, -0.05) is 0 Å². The van der Waals surface area contributed by atoms with Crippen LogP contribution < -0.4 is 4.74 Å². The fourth-order valence-corrected chi connectivity index (χ4v) is 1.07. The highest BCUT2D eigenvalue weighted by molar-refractivity contribution is 5.42. The summed E-state index contributed by atoms with van der Waals surface area (Å²) in [6, 6.07) is 0. The summed E-state index contributed by atoms with van der Waals surface area (Å²) >= 11 is 0. The van der Waals surface area contributed by atoms with Gasteiger partial charge in [0.25, 0.3) is 0 Å². The Kier molecular flexibility index (Phi) is 3.02. The van der Waals surface area contributed by atoms with Crippen molar-refractivity contribution in [3.05, 3.63) is 23.5 Å². The van der Waals surface area contributed by atoms with Crippen molar-refractivity contribution in [3.63, 3.8) is 0 Å². The van der Waals surface area contributed by atoms with Crippen LogP contribution in [0.4, 0.5) is 26.3 Å². The molecule has 0 N–H and O–H groups in total. The lowest BCUT2D eigenvalue weighted by atomic mass is 10.1. The number of pyridine rings is 1. The van der Waals surface area contributed by atoms with Crippen LogP contribution in [-0.2, 0) is 12.4 Å². The Balaban J connectivity index is 3.45. The van der Waals surface area contributed by atoms with E-state index in [2.05, 4.69) is 9.72 Å². The molecule has 0 saturated heterocycles. The molecule has 0 amide bonds. The zero-order chi connectivity index (χ0) is 12.6. The highest BCUT2D eigenvalue weighted by atomic mass is 19.4. The molecule has 0 aliphatic rings. The molecule has 0 unspecified atom stereocenters. The van der Waals surface area contributed by atoms with Gasteiger partial charge in [0.2, 0.25) is 0 Å². The second kappa shape index (κ2) is 3.84. The molecule has 1 heterocycles. The Morgan fingerprint density at radius 2 is 1.31 bits per heavy atom. The third kappa shape index (κ3) is 2.37. The molecule has 0 aliphatic carbocycles. The predicted octanol–water partition coefficient (Wildman–Crippen LogP) is 3.13. The number of hydrogen-bond donors (Lipinski definition) is 0. The van der Waals surface area contributed by atoms with E-state index in [4.69, 9.17) is 0 Å². The number of ether oxygens (including phenoxy) is 1. The lowest BCUT2D eigenvalue weighted by molar-refractivity contribution is -0.145. The van der Waals surface area contributed by atoms with Gasteiger partial charge in [-0.05, 0) is 0 Å². The van der Waals surface area contributed by atoms with Crippen LogP contribution in [-0.4, -0.2) is 12.1 Å². The minimum atomic E-state index is -4.94. The van der Waals surface area contributed by atoms with Crippen molar-refractivity contribution < 1.29 is 31.1 Å². The van der Waals surface area contributed by atoms with Gasteiger partial charge in [-0.2, -0.15) is 26.3 Å². The molecule has 1 aromatic rings. The van der Waals surface area contributed by atoms with Crippen molar-refractivity contribution >= 4 is 0 Å². The first-order valence-corrected chi connectivity index (χ1v) is 3.84. The molecule has 0 bridgehead atoms. The van der Waals surface area contributed by atoms with E-state index in [-0.39, 0.29) is 12.4 Å². The van der Waals surface area contributed by atoms with Crippen LogP contribution in [0.25, 0.3) is 0 Å². The summed E-state index contributed by atoms with van der Waals surface area (Å²) in [4.78, 5) is 2.91. The number of methoxy groups -OCH3 is 1. The molecular formula is C8H5F6NO. The largest absolute Gasteiger partial charge is 0.495 e. The molecule has 0 aliphatic heterocycles. The first-order chi connectivity index (χ1) is 7.18. The molecule has 0 atom stereocenters. The molecule has 0 aromatic carbocycles. The Morgan fingerprint density at radius 1 is 0.938 bits per heavy atom. The maximum atomic E-state index is 12.3. The fraction of sp³-hybridized carbons (Fsp3) is 0.375. The lowest BCUT2D eigenvalue weighted by Crippen LogP contribution is -2.14. The lowest BCUT2D eigenvalue weighted by Gasteiger charge is -2.16. The second-order valence-corrected chi connectivity index (χ2v) is 2.76. The third-order valence-electron chi connectivity index (χ3n) is 1.71. The highest BCUT2D eigenvalue weighted by Crippen LogP contribution is 2.43. The predicted molar refractivity (Wildman–Crippen MR) is 40.8 cm³/mol. The van der Waals surface area contributed by atoms with E-state index in [1.54, 1.807) is 0 Å². The second-order valence-electron chi connectivity index (χ2n) is 2.76. The average Bonchev–Trinajstić information content (AvgIpc) is 2.13. The molecule has 2 nitrogen and oxygen atoms in total. The zero-order valence-electron chi connectivity index (χ0n) is 7.78. The summed E-state index contributed by atoms with van der Waals surface area (Å²) in [6.07, 6.45) is -9.32. The highest BCUT2D eigenvalue weighted by Gasteiger charge is 2.42. The maximum Gasteiger partial charge on any atom is 0.421 e. The number of aromatic nitrogens is 1. The molecule has 0 radical (unpaired) electrons. The molecule has 0 spiro atoms. The Hall–Kier alpha value is -1.47. The van der Waals surface area contributed by atoms with Crippen molar-refractivity contribution in [2.75, 3.05) is 7.11 Å². The van der Waals surface area contributed by atoms with Crippen molar-refractivity contribution in [1.29, 1.82) is 0 Å². The average molecular weight is 245 g/mol. The molecule has 16 heavy (non-hydrogen) atoms. The molecule has 0 saturated carbocycles. The normalized spacial score (nSPS) is 12.7. The van der Waals surface area contributed by atoms with E-state index in [0.29, 0.717) is 0 Å². The van der Waals surface area contributed by atoms with Gasteiger partial charge in [-0.25, -0.2) is 0 Å². The minimum Gasteiger partial charge on any atom is -0.495 e. The number of halogens is 6. The SMILES string of the molecule is COc1c(C(F)(F)F)cncc1C(F)(F)F. The fourth-order valence-electron chi connectivity index (χ4n) is 1.07. The first-order valence-electron chi connectivity index (χ1n) is 3.84. The maximum absolute atomic E-state index is 12.3. The van der Waals surface area contributed by atoms with E-state index in [0.717, 1.165) is 7.11 Å². The van der Waals surface area contributed by atoms with Crippen LogP contribution >= 0.6 is 0 Å². The van der Waals surface area contributed by atoms with Gasteiger partial charge in [-0.3, -0.25) is 4.98 Å². The van der Waals surface area contributed by atoms with Gasteiger partial charge in [0.05, 0.1) is 7.11 Å². The summed E-state index contributed by atoms with van der Waals surface area (Å²) in [5.74, 6) is -1.27. The van der Waals surface area contributed by atoms with Crippen LogP contribution in [0.2, 0.25) is 0 Å². The Labute approximate surface area is 85.9 Å². The first kappa shape index (κ1) is 12.6. The van der Waals surface area contributed by atoms with Crippen molar-refractivity contribution in [3.8, 4) is 5.75 Å². The van der Waals surface area contributed by atoms with Crippen LogP contribution in [0.3, 0.4) is 0 Å². The van der Waals surface area contributed by atoms with Gasteiger partial charge in [0.1, 0.15) is 16.9 Å². The van der Waals surface area contributed by atoms with E-state index in [9.17, 15) is 26.3 Å².